The van der Waals surface area contributed by atoms with Crippen LogP contribution in [0.25, 0.3) is 5.78 Å². The summed E-state index contributed by atoms with van der Waals surface area (Å²) in [6.07, 6.45) is 5.74. The van der Waals surface area contributed by atoms with Crippen LogP contribution in [0.3, 0.4) is 0 Å². The van der Waals surface area contributed by atoms with Crippen LogP contribution >= 0.6 is 11.3 Å². The summed E-state index contributed by atoms with van der Waals surface area (Å²) >= 11 is 1.64. The van der Waals surface area contributed by atoms with E-state index in [9.17, 15) is 4.79 Å². The lowest BCUT2D eigenvalue weighted by Crippen LogP contribution is -2.26. The molecule has 0 saturated heterocycles. The maximum Gasteiger partial charge on any atom is 0.252 e. The van der Waals surface area contributed by atoms with Crippen LogP contribution < -0.4 is 5.32 Å². The number of thiazole rings is 1. The van der Waals surface area contributed by atoms with E-state index in [0.29, 0.717) is 30.0 Å². The summed E-state index contributed by atoms with van der Waals surface area (Å²) in [6, 6.07) is 0. The van der Waals surface area contributed by atoms with Gasteiger partial charge < -0.3 is 5.32 Å². The number of hydrogen-bond acceptors (Lipinski definition) is 6. The molecule has 0 saturated carbocycles. The number of nitrogens with zero attached hydrogens (tertiary/aromatic N) is 5. The fourth-order valence-corrected chi connectivity index (χ4v) is 5.21. The van der Waals surface area contributed by atoms with Gasteiger partial charge in [0.1, 0.15) is 6.33 Å². The first-order chi connectivity index (χ1) is 13.7. The molecule has 0 radical (unpaired) electrons. The van der Waals surface area contributed by atoms with Crippen molar-refractivity contribution >= 4 is 28.2 Å². The van der Waals surface area contributed by atoms with E-state index in [2.05, 4.69) is 46.1 Å². The van der Waals surface area contributed by atoms with Crippen LogP contribution in [0.4, 0.5) is 5.13 Å². The van der Waals surface area contributed by atoms with Gasteiger partial charge in [0.15, 0.2) is 5.13 Å². The van der Waals surface area contributed by atoms with Gasteiger partial charge in [-0.2, -0.15) is 10.1 Å². The third kappa shape index (κ3) is 4.03. The van der Waals surface area contributed by atoms with Crippen molar-refractivity contribution in [1.82, 2.24) is 24.6 Å². The Morgan fingerprint density at radius 2 is 2.10 bits per heavy atom. The quantitative estimate of drug-likeness (QED) is 0.702. The summed E-state index contributed by atoms with van der Waals surface area (Å²) in [5, 5.41) is 7.95. The first kappa shape index (κ1) is 19.9. The van der Waals surface area contributed by atoms with E-state index in [1.807, 2.05) is 13.8 Å². The molecule has 0 spiro atoms. The molecule has 29 heavy (non-hydrogen) atoms. The van der Waals surface area contributed by atoms with Crippen molar-refractivity contribution in [2.24, 2.45) is 11.3 Å². The molecule has 3 aromatic rings. The fourth-order valence-electron chi connectivity index (χ4n) is 4.11. The number of hydrogen-bond donors (Lipinski definition) is 1. The van der Waals surface area contributed by atoms with Gasteiger partial charge in [0.2, 0.25) is 5.91 Å². The van der Waals surface area contributed by atoms with Gasteiger partial charge in [-0.05, 0) is 56.4 Å². The van der Waals surface area contributed by atoms with Gasteiger partial charge in [-0.1, -0.05) is 20.8 Å². The number of aryl methyl sites for hydroxylation is 3. The predicted molar refractivity (Wildman–Crippen MR) is 114 cm³/mol. The summed E-state index contributed by atoms with van der Waals surface area (Å²) in [4.78, 5) is 27.2. The van der Waals surface area contributed by atoms with Gasteiger partial charge in [0.25, 0.3) is 5.78 Å². The Labute approximate surface area is 175 Å². The highest BCUT2D eigenvalue weighted by molar-refractivity contribution is 7.15. The van der Waals surface area contributed by atoms with Crippen molar-refractivity contribution in [3.63, 3.8) is 0 Å². The number of amides is 1. The molecule has 1 amide bonds. The Bertz CT molecular complexity index is 1060. The number of aromatic nitrogens is 5. The number of fused-ring (bicyclic) bond motifs is 2. The zero-order valence-electron chi connectivity index (χ0n) is 17.7. The van der Waals surface area contributed by atoms with Crippen molar-refractivity contribution in [2.45, 2.75) is 66.7 Å². The average molecular weight is 413 g/mol. The van der Waals surface area contributed by atoms with E-state index < -0.39 is 0 Å². The summed E-state index contributed by atoms with van der Waals surface area (Å²) < 4.78 is 1.72. The molecule has 0 aromatic carbocycles. The van der Waals surface area contributed by atoms with Crippen molar-refractivity contribution < 1.29 is 4.79 Å². The minimum Gasteiger partial charge on any atom is -0.302 e. The van der Waals surface area contributed by atoms with E-state index >= 15 is 0 Å². The zero-order chi connectivity index (χ0) is 20.8. The van der Waals surface area contributed by atoms with Crippen molar-refractivity contribution in [2.75, 3.05) is 5.32 Å². The summed E-state index contributed by atoms with van der Waals surface area (Å²) in [6.45, 7) is 10.9. The highest BCUT2D eigenvalue weighted by Gasteiger charge is 2.30. The molecule has 1 N–H and O–H groups in total. The lowest BCUT2D eigenvalue weighted by Gasteiger charge is -2.33. The third-order valence-electron chi connectivity index (χ3n) is 6.00. The third-order valence-corrected chi connectivity index (χ3v) is 7.04. The predicted octanol–water partition coefficient (Wildman–Crippen LogP) is 3.92. The summed E-state index contributed by atoms with van der Waals surface area (Å²) in [5.74, 6) is 1.25. The monoisotopic (exact) mass is 412 g/mol. The zero-order valence-corrected chi connectivity index (χ0v) is 18.6. The van der Waals surface area contributed by atoms with Gasteiger partial charge in [0, 0.05) is 22.7 Å². The maximum atomic E-state index is 12.6. The molecule has 1 aliphatic rings. The molecule has 0 unspecified atom stereocenters. The molecule has 8 heteroatoms. The summed E-state index contributed by atoms with van der Waals surface area (Å²) in [7, 11) is 0. The van der Waals surface area contributed by atoms with Gasteiger partial charge in [-0.15, -0.1) is 11.3 Å². The topological polar surface area (TPSA) is 85.1 Å². The van der Waals surface area contributed by atoms with Crippen LogP contribution in [0.2, 0.25) is 0 Å². The molecule has 0 aliphatic heterocycles. The fraction of sp³-hybridized carbons (Fsp3) is 0.571. The first-order valence-electron chi connectivity index (χ1n) is 10.2. The van der Waals surface area contributed by atoms with E-state index in [0.717, 1.165) is 34.9 Å². The number of carbonyl (C=O) groups is 1. The molecular formula is C21H28N6OS. The molecule has 1 aliphatic carbocycles. The van der Waals surface area contributed by atoms with Gasteiger partial charge >= 0.3 is 0 Å². The van der Waals surface area contributed by atoms with Crippen molar-refractivity contribution in [3.05, 3.63) is 33.8 Å². The van der Waals surface area contributed by atoms with E-state index in [-0.39, 0.29) is 5.91 Å². The molecule has 154 valence electrons. The largest absolute Gasteiger partial charge is 0.302 e. The lowest BCUT2D eigenvalue weighted by atomic mass is 9.73. The minimum atomic E-state index is -0.0130. The smallest absolute Gasteiger partial charge is 0.252 e. The molecule has 4 rings (SSSR count). The summed E-state index contributed by atoms with van der Waals surface area (Å²) in [5.41, 5.74) is 4.40. The van der Waals surface area contributed by atoms with Crippen LogP contribution in [0.1, 0.15) is 61.1 Å². The van der Waals surface area contributed by atoms with Gasteiger partial charge in [-0.3, -0.25) is 4.79 Å². The molecule has 3 aromatic heterocycles. The maximum absolute atomic E-state index is 12.6. The van der Waals surface area contributed by atoms with Crippen molar-refractivity contribution in [3.8, 4) is 0 Å². The molecular weight excluding hydrogens is 384 g/mol. The molecule has 1 atom stereocenters. The number of anilines is 1. The standard InChI is InChI=1S/C21H28N6OS/c1-12-15(13(2)27-19(24-12)22-11-23-27)7-9-18(28)26-20-25-16-8-6-14(21(3,4)5)10-17(16)29-20/h11,14H,6-10H2,1-5H3,(H,25,26,28)/t14-/m1/s1. The Kier molecular flexibility index (Phi) is 5.14. The highest BCUT2D eigenvalue weighted by atomic mass is 32.1. The second-order valence-corrected chi connectivity index (χ2v) is 10.1. The number of carbonyl (C=O) groups excluding carboxylic acids is 1. The Balaban J connectivity index is 1.41. The molecule has 3 heterocycles. The first-order valence-corrected chi connectivity index (χ1v) is 11.0. The Morgan fingerprint density at radius 3 is 2.86 bits per heavy atom. The molecule has 0 fully saturated rings. The minimum absolute atomic E-state index is 0.0130. The Morgan fingerprint density at radius 1 is 1.31 bits per heavy atom. The van der Waals surface area contributed by atoms with Crippen LogP contribution in [-0.2, 0) is 24.1 Å². The van der Waals surface area contributed by atoms with Crippen molar-refractivity contribution in [1.29, 1.82) is 0 Å². The number of nitrogens with one attached hydrogen (secondary N) is 1. The van der Waals surface area contributed by atoms with E-state index in [1.165, 1.54) is 23.3 Å². The number of rotatable bonds is 4. The van der Waals surface area contributed by atoms with E-state index in [1.54, 1.807) is 15.9 Å². The Hall–Kier alpha value is -2.35. The van der Waals surface area contributed by atoms with Crippen LogP contribution in [0.15, 0.2) is 6.33 Å². The second kappa shape index (κ2) is 7.48. The van der Waals surface area contributed by atoms with Gasteiger partial charge in [-0.25, -0.2) is 14.5 Å². The molecule has 7 nitrogen and oxygen atoms in total. The molecule has 0 bridgehead atoms. The van der Waals surface area contributed by atoms with Gasteiger partial charge in [0.05, 0.1) is 5.69 Å². The SMILES string of the molecule is Cc1nc2ncnn2c(C)c1CCC(=O)Nc1nc2c(s1)C[C@H](C(C)(C)C)CC2. The van der Waals surface area contributed by atoms with Crippen LogP contribution in [-0.4, -0.2) is 30.5 Å². The van der Waals surface area contributed by atoms with E-state index in [4.69, 9.17) is 0 Å². The highest BCUT2D eigenvalue weighted by Crippen LogP contribution is 2.40. The normalized spacial score (nSPS) is 16.8. The second-order valence-electron chi connectivity index (χ2n) is 8.98. The van der Waals surface area contributed by atoms with Crippen LogP contribution in [0.5, 0.6) is 0 Å². The van der Waals surface area contributed by atoms with Crippen LogP contribution in [0, 0.1) is 25.2 Å². The average Bonchev–Trinajstić information content (AvgIpc) is 3.26. The lowest BCUT2D eigenvalue weighted by molar-refractivity contribution is -0.116.